The largest absolute Gasteiger partial charge is 0.377 e. The van der Waals surface area contributed by atoms with Gasteiger partial charge in [-0.05, 0) is 48.7 Å². The van der Waals surface area contributed by atoms with Gasteiger partial charge in [0.1, 0.15) is 0 Å². The zero-order chi connectivity index (χ0) is 14.5. The summed E-state index contributed by atoms with van der Waals surface area (Å²) in [6.45, 7) is 4.22. The highest BCUT2D eigenvalue weighted by atomic mass is 35.5. The van der Waals surface area contributed by atoms with Crippen LogP contribution in [-0.2, 0) is 0 Å². The second-order valence-corrected chi connectivity index (χ2v) is 5.86. The van der Waals surface area contributed by atoms with Crippen molar-refractivity contribution in [1.82, 2.24) is 0 Å². The molecule has 0 saturated heterocycles. The van der Waals surface area contributed by atoms with Crippen molar-refractivity contribution in [2.75, 3.05) is 5.32 Å². The summed E-state index contributed by atoms with van der Waals surface area (Å²) in [5.41, 5.74) is 3.37. The number of anilines is 1. The second kappa shape index (κ2) is 7.01. The van der Waals surface area contributed by atoms with Crippen LogP contribution in [-0.4, -0.2) is 0 Å². The van der Waals surface area contributed by atoms with E-state index in [2.05, 4.69) is 30.4 Å². The van der Waals surface area contributed by atoms with Gasteiger partial charge in [0.2, 0.25) is 0 Å². The first-order valence-corrected chi connectivity index (χ1v) is 7.64. The number of halogens is 2. The van der Waals surface area contributed by atoms with E-state index >= 15 is 0 Å². The van der Waals surface area contributed by atoms with Crippen molar-refractivity contribution in [3.63, 3.8) is 0 Å². The SMILES string of the molecule is CCCC(Nc1ccc(C)cc1Cl)c1ccc(Cl)cc1. The third-order valence-electron chi connectivity index (χ3n) is 3.30. The first kappa shape index (κ1) is 15.2. The minimum atomic E-state index is 0.248. The number of hydrogen-bond donors (Lipinski definition) is 1. The van der Waals surface area contributed by atoms with Crippen molar-refractivity contribution in [3.05, 3.63) is 63.6 Å². The Morgan fingerprint density at radius 2 is 1.75 bits per heavy atom. The molecule has 2 rings (SSSR count). The Hall–Kier alpha value is -1.18. The Morgan fingerprint density at radius 1 is 1.05 bits per heavy atom. The molecular formula is C17H19Cl2N. The summed E-state index contributed by atoms with van der Waals surface area (Å²) in [5.74, 6) is 0. The highest BCUT2D eigenvalue weighted by Gasteiger charge is 2.12. The third kappa shape index (κ3) is 3.91. The normalized spacial score (nSPS) is 12.2. The van der Waals surface area contributed by atoms with Crippen molar-refractivity contribution in [1.29, 1.82) is 0 Å². The highest BCUT2D eigenvalue weighted by molar-refractivity contribution is 6.33. The molecule has 0 saturated carbocycles. The zero-order valence-corrected chi connectivity index (χ0v) is 13.3. The molecule has 106 valence electrons. The highest BCUT2D eigenvalue weighted by Crippen LogP contribution is 2.30. The smallest absolute Gasteiger partial charge is 0.0640 e. The van der Waals surface area contributed by atoms with E-state index in [9.17, 15) is 0 Å². The van der Waals surface area contributed by atoms with Gasteiger partial charge in [0.15, 0.2) is 0 Å². The van der Waals surface area contributed by atoms with Crippen LogP contribution in [0.3, 0.4) is 0 Å². The maximum Gasteiger partial charge on any atom is 0.0640 e. The fourth-order valence-corrected chi connectivity index (χ4v) is 2.65. The molecule has 3 heteroatoms. The molecule has 1 atom stereocenters. The van der Waals surface area contributed by atoms with Crippen molar-refractivity contribution < 1.29 is 0 Å². The molecular weight excluding hydrogens is 289 g/mol. The molecule has 2 aromatic rings. The van der Waals surface area contributed by atoms with Crippen molar-refractivity contribution in [2.45, 2.75) is 32.7 Å². The van der Waals surface area contributed by atoms with Crippen LogP contribution in [0.1, 0.15) is 36.9 Å². The molecule has 0 aliphatic heterocycles. The fraction of sp³-hybridized carbons (Fsp3) is 0.294. The molecule has 1 N–H and O–H groups in total. The molecule has 1 nitrogen and oxygen atoms in total. The van der Waals surface area contributed by atoms with Crippen LogP contribution in [0.2, 0.25) is 10.0 Å². The van der Waals surface area contributed by atoms with Crippen LogP contribution in [0.15, 0.2) is 42.5 Å². The minimum absolute atomic E-state index is 0.248. The third-order valence-corrected chi connectivity index (χ3v) is 3.87. The summed E-state index contributed by atoms with van der Waals surface area (Å²) in [5, 5.41) is 5.06. The maximum atomic E-state index is 6.30. The summed E-state index contributed by atoms with van der Waals surface area (Å²) < 4.78 is 0. The second-order valence-electron chi connectivity index (χ2n) is 5.02. The Morgan fingerprint density at radius 3 is 2.35 bits per heavy atom. The van der Waals surface area contributed by atoms with Gasteiger partial charge in [-0.25, -0.2) is 0 Å². The van der Waals surface area contributed by atoms with Crippen molar-refractivity contribution >= 4 is 28.9 Å². The van der Waals surface area contributed by atoms with E-state index in [1.54, 1.807) is 0 Å². The lowest BCUT2D eigenvalue weighted by atomic mass is 10.0. The molecule has 0 aromatic heterocycles. The predicted octanol–water partition coefficient (Wildman–Crippen LogP) is 6.26. The number of nitrogens with one attached hydrogen (secondary N) is 1. The monoisotopic (exact) mass is 307 g/mol. The van der Waals surface area contributed by atoms with Gasteiger partial charge in [-0.2, -0.15) is 0 Å². The first-order chi connectivity index (χ1) is 9.60. The van der Waals surface area contributed by atoms with Gasteiger partial charge in [-0.3, -0.25) is 0 Å². The summed E-state index contributed by atoms with van der Waals surface area (Å²) >= 11 is 12.3. The number of benzene rings is 2. The van der Waals surface area contributed by atoms with Crippen LogP contribution < -0.4 is 5.32 Å². The molecule has 20 heavy (non-hydrogen) atoms. The summed E-state index contributed by atoms with van der Waals surface area (Å²) in [6, 6.07) is 14.3. The summed E-state index contributed by atoms with van der Waals surface area (Å²) in [4.78, 5) is 0. The fourth-order valence-electron chi connectivity index (χ4n) is 2.23. The van der Waals surface area contributed by atoms with Crippen LogP contribution in [0.5, 0.6) is 0 Å². The van der Waals surface area contributed by atoms with Gasteiger partial charge in [-0.1, -0.05) is 54.7 Å². The van der Waals surface area contributed by atoms with E-state index in [1.807, 2.05) is 31.2 Å². The number of hydrogen-bond acceptors (Lipinski definition) is 1. The van der Waals surface area contributed by atoms with E-state index in [0.29, 0.717) is 0 Å². The zero-order valence-electron chi connectivity index (χ0n) is 11.8. The van der Waals surface area contributed by atoms with Crippen LogP contribution in [0.4, 0.5) is 5.69 Å². The van der Waals surface area contributed by atoms with E-state index in [-0.39, 0.29) is 6.04 Å². The molecule has 0 aliphatic carbocycles. The summed E-state index contributed by atoms with van der Waals surface area (Å²) in [7, 11) is 0. The number of rotatable bonds is 5. The van der Waals surface area contributed by atoms with Gasteiger partial charge in [0.25, 0.3) is 0 Å². The average Bonchev–Trinajstić information content (AvgIpc) is 2.42. The molecule has 1 unspecified atom stereocenters. The van der Waals surface area contributed by atoms with Crippen molar-refractivity contribution in [2.24, 2.45) is 0 Å². The topological polar surface area (TPSA) is 12.0 Å². The van der Waals surface area contributed by atoms with E-state index in [1.165, 1.54) is 11.1 Å². The summed E-state index contributed by atoms with van der Waals surface area (Å²) in [6.07, 6.45) is 2.15. The van der Waals surface area contributed by atoms with Crippen LogP contribution >= 0.6 is 23.2 Å². The van der Waals surface area contributed by atoms with E-state index < -0.39 is 0 Å². The van der Waals surface area contributed by atoms with Crippen LogP contribution in [0, 0.1) is 6.92 Å². The number of aryl methyl sites for hydroxylation is 1. The molecule has 0 aliphatic rings. The molecule has 0 bridgehead atoms. The Bertz CT molecular complexity index is 564. The molecule has 0 amide bonds. The lowest BCUT2D eigenvalue weighted by Gasteiger charge is -2.21. The van der Waals surface area contributed by atoms with Gasteiger partial charge in [0, 0.05) is 5.02 Å². The maximum absolute atomic E-state index is 6.30. The molecule has 0 heterocycles. The Labute approximate surface area is 130 Å². The molecule has 2 aromatic carbocycles. The van der Waals surface area contributed by atoms with Crippen molar-refractivity contribution in [3.8, 4) is 0 Å². The Kier molecular flexibility index (Phi) is 5.33. The van der Waals surface area contributed by atoms with E-state index in [4.69, 9.17) is 23.2 Å². The first-order valence-electron chi connectivity index (χ1n) is 6.88. The van der Waals surface area contributed by atoms with Gasteiger partial charge >= 0.3 is 0 Å². The van der Waals surface area contributed by atoms with Crippen LogP contribution in [0.25, 0.3) is 0 Å². The van der Waals surface area contributed by atoms with Gasteiger partial charge in [0.05, 0.1) is 16.8 Å². The predicted molar refractivity (Wildman–Crippen MR) is 88.9 cm³/mol. The lowest BCUT2D eigenvalue weighted by Crippen LogP contribution is -2.10. The molecule has 0 radical (unpaired) electrons. The quantitative estimate of drug-likeness (QED) is 0.688. The molecule has 0 fully saturated rings. The molecule has 0 spiro atoms. The Balaban J connectivity index is 2.22. The van der Waals surface area contributed by atoms with E-state index in [0.717, 1.165) is 28.6 Å². The van der Waals surface area contributed by atoms with Gasteiger partial charge < -0.3 is 5.32 Å². The average molecular weight is 308 g/mol. The van der Waals surface area contributed by atoms with Gasteiger partial charge in [-0.15, -0.1) is 0 Å². The standard InChI is InChI=1S/C17H19Cl2N/c1-3-4-16(13-6-8-14(18)9-7-13)20-17-10-5-12(2)11-15(17)19/h5-11,16,20H,3-4H2,1-2H3. The lowest BCUT2D eigenvalue weighted by molar-refractivity contribution is 0.677. The minimum Gasteiger partial charge on any atom is -0.377 e.